The van der Waals surface area contributed by atoms with Crippen LogP contribution in [0.25, 0.3) is 0 Å². The minimum atomic E-state index is 0.829. The van der Waals surface area contributed by atoms with Crippen LogP contribution in [0.2, 0.25) is 0 Å². The molecule has 0 spiro atoms. The largest absolute Gasteiger partial charge is 0.0894 e. The topological polar surface area (TPSA) is 0 Å². The van der Waals surface area contributed by atoms with E-state index >= 15 is 0 Å². The van der Waals surface area contributed by atoms with E-state index in [1.807, 2.05) is 0 Å². The molecule has 1 fully saturated rings. The maximum atomic E-state index is 5.19. The third-order valence-corrected chi connectivity index (χ3v) is 2.80. The van der Waals surface area contributed by atoms with Gasteiger partial charge in [0, 0.05) is 0 Å². The average molecular weight is 142 g/mol. The summed E-state index contributed by atoms with van der Waals surface area (Å²) < 4.78 is 0. The first kappa shape index (κ1) is 7.20. The van der Waals surface area contributed by atoms with Crippen molar-refractivity contribution in [3.63, 3.8) is 0 Å². The van der Waals surface area contributed by atoms with E-state index < -0.39 is 0 Å². The van der Waals surface area contributed by atoms with Crippen LogP contribution >= 0.6 is 12.2 Å². The molecule has 2 atom stereocenters. The fourth-order valence-corrected chi connectivity index (χ4v) is 1.64. The lowest BCUT2D eigenvalue weighted by Gasteiger charge is -1.94. The van der Waals surface area contributed by atoms with Crippen LogP contribution in [-0.2, 0) is 0 Å². The molecule has 1 rings (SSSR count). The van der Waals surface area contributed by atoms with E-state index in [1.165, 1.54) is 17.7 Å². The van der Waals surface area contributed by atoms with Gasteiger partial charge >= 0.3 is 0 Å². The van der Waals surface area contributed by atoms with Crippen molar-refractivity contribution in [3.8, 4) is 0 Å². The Balaban J connectivity index is 2.25. The molecule has 52 valence electrons. The molecule has 0 saturated heterocycles. The molecular formula is C8H14S. The van der Waals surface area contributed by atoms with Gasteiger partial charge in [0.1, 0.15) is 0 Å². The molecule has 1 aliphatic carbocycles. The van der Waals surface area contributed by atoms with E-state index in [2.05, 4.69) is 13.8 Å². The summed E-state index contributed by atoms with van der Waals surface area (Å²) in [6.07, 6.45) is 3.81. The van der Waals surface area contributed by atoms with Gasteiger partial charge in [-0.25, -0.2) is 0 Å². The third kappa shape index (κ3) is 1.51. The molecule has 0 bridgehead atoms. The quantitative estimate of drug-likeness (QED) is 0.546. The summed E-state index contributed by atoms with van der Waals surface area (Å²) in [5, 5.41) is 0. The van der Waals surface area contributed by atoms with E-state index in [4.69, 9.17) is 12.2 Å². The summed E-state index contributed by atoms with van der Waals surface area (Å²) in [4.78, 5) is 1.31. The van der Waals surface area contributed by atoms with Crippen molar-refractivity contribution < 1.29 is 0 Å². The van der Waals surface area contributed by atoms with Crippen LogP contribution in [0.15, 0.2) is 0 Å². The predicted molar refractivity (Wildman–Crippen MR) is 44.8 cm³/mol. The zero-order valence-corrected chi connectivity index (χ0v) is 7.00. The molecule has 0 aromatic carbocycles. The summed E-state index contributed by atoms with van der Waals surface area (Å²) in [7, 11) is 0. The molecule has 2 unspecified atom stereocenters. The van der Waals surface area contributed by atoms with Crippen LogP contribution in [0, 0.1) is 11.8 Å². The van der Waals surface area contributed by atoms with Crippen LogP contribution in [0.4, 0.5) is 0 Å². The lowest BCUT2D eigenvalue weighted by atomic mass is 10.2. The van der Waals surface area contributed by atoms with Gasteiger partial charge in [-0.1, -0.05) is 32.5 Å². The summed E-state index contributed by atoms with van der Waals surface area (Å²) in [6.45, 7) is 4.41. The molecule has 0 heterocycles. The Morgan fingerprint density at radius 1 is 1.56 bits per heavy atom. The fraction of sp³-hybridized carbons (Fsp3) is 0.875. The van der Waals surface area contributed by atoms with Gasteiger partial charge in [0.2, 0.25) is 0 Å². The number of rotatable bonds is 3. The monoisotopic (exact) mass is 142 g/mol. The first-order valence-electron chi connectivity index (χ1n) is 3.82. The highest BCUT2D eigenvalue weighted by Gasteiger charge is 2.37. The van der Waals surface area contributed by atoms with Crippen molar-refractivity contribution >= 4 is 17.1 Å². The molecule has 0 aliphatic heterocycles. The molecule has 0 aromatic rings. The van der Waals surface area contributed by atoms with Gasteiger partial charge in [-0.3, -0.25) is 0 Å². The highest BCUT2D eigenvalue weighted by molar-refractivity contribution is 7.80. The molecule has 0 amide bonds. The molecule has 1 aliphatic rings. The summed E-state index contributed by atoms with van der Waals surface area (Å²) in [6, 6.07) is 0. The first-order valence-corrected chi connectivity index (χ1v) is 4.23. The van der Waals surface area contributed by atoms with Crippen LogP contribution in [0.3, 0.4) is 0 Å². The van der Waals surface area contributed by atoms with Crippen LogP contribution < -0.4 is 0 Å². The predicted octanol–water partition coefficient (Wildman–Crippen LogP) is 2.81. The molecular weight excluding hydrogens is 128 g/mol. The summed E-state index contributed by atoms with van der Waals surface area (Å²) >= 11 is 5.19. The van der Waals surface area contributed by atoms with E-state index in [0.717, 1.165) is 18.3 Å². The fourth-order valence-electron chi connectivity index (χ4n) is 1.36. The van der Waals surface area contributed by atoms with Gasteiger partial charge in [0.15, 0.2) is 0 Å². The van der Waals surface area contributed by atoms with Crippen molar-refractivity contribution in [1.29, 1.82) is 0 Å². The number of hydrogen-bond acceptors (Lipinski definition) is 1. The second-order valence-corrected chi connectivity index (χ2v) is 3.35. The number of hydrogen-bond donors (Lipinski definition) is 0. The first-order chi connectivity index (χ1) is 4.29. The van der Waals surface area contributed by atoms with Crippen molar-refractivity contribution in [1.82, 2.24) is 0 Å². The van der Waals surface area contributed by atoms with E-state index in [1.54, 1.807) is 0 Å². The Morgan fingerprint density at radius 3 is 2.56 bits per heavy atom. The van der Waals surface area contributed by atoms with Crippen LogP contribution in [-0.4, -0.2) is 4.86 Å². The van der Waals surface area contributed by atoms with Gasteiger partial charge in [-0.2, -0.15) is 0 Å². The average Bonchev–Trinajstić information content (AvgIpc) is 2.64. The summed E-state index contributed by atoms with van der Waals surface area (Å²) in [5.74, 6) is 1.78. The molecule has 1 saturated carbocycles. The zero-order chi connectivity index (χ0) is 6.85. The second-order valence-electron chi connectivity index (χ2n) is 2.83. The Hall–Kier alpha value is 0.0900. The molecule has 0 N–H and O–H groups in total. The Labute approximate surface area is 62.6 Å². The van der Waals surface area contributed by atoms with Crippen molar-refractivity contribution in [3.05, 3.63) is 0 Å². The highest BCUT2D eigenvalue weighted by atomic mass is 32.1. The Bertz CT molecular complexity index is 118. The SMILES string of the molecule is CCC(=S)C1CC1CC. The van der Waals surface area contributed by atoms with Gasteiger partial charge in [-0.05, 0) is 29.5 Å². The molecule has 0 nitrogen and oxygen atoms in total. The zero-order valence-electron chi connectivity index (χ0n) is 6.18. The summed E-state index contributed by atoms with van der Waals surface area (Å²) in [5.41, 5.74) is 0. The number of thiocarbonyl (C=S) groups is 1. The standard InChI is InChI=1S/C8H14S/c1-3-6-5-7(6)8(9)4-2/h6-7H,3-5H2,1-2H3. The lowest BCUT2D eigenvalue weighted by Crippen LogP contribution is -1.95. The van der Waals surface area contributed by atoms with Gasteiger partial charge in [0.05, 0.1) is 0 Å². The van der Waals surface area contributed by atoms with E-state index in [0.29, 0.717) is 0 Å². The van der Waals surface area contributed by atoms with Gasteiger partial charge in [0.25, 0.3) is 0 Å². The van der Waals surface area contributed by atoms with Crippen molar-refractivity contribution in [2.24, 2.45) is 11.8 Å². The van der Waals surface area contributed by atoms with Crippen molar-refractivity contribution in [2.45, 2.75) is 33.1 Å². The van der Waals surface area contributed by atoms with Crippen LogP contribution in [0.5, 0.6) is 0 Å². The second kappa shape index (κ2) is 2.78. The normalized spacial score (nSPS) is 32.2. The Morgan fingerprint density at radius 2 is 2.22 bits per heavy atom. The van der Waals surface area contributed by atoms with E-state index in [9.17, 15) is 0 Å². The van der Waals surface area contributed by atoms with Gasteiger partial charge in [-0.15, -0.1) is 0 Å². The molecule has 1 heteroatoms. The molecule has 0 aromatic heterocycles. The highest BCUT2D eigenvalue weighted by Crippen LogP contribution is 2.42. The minimum Gasteiger partial charge on any atom is -0.0894 e. The Kier molecular flexibility index (Phi) is 2.23. The van der Waals surface area contributed by atoms with Gasteiger partial charge < -0.3 is 0 Å². The smallest absolute Gasteiger partial charge is 0.00405 e. The lowest BCUT2D eigenvalue weighted by molar-refractivity contribution is 0.768. The molecule has 0 radical (unpaired) electrons. The minimum absolute atomic E-state index is 0.829. The maximum absolute atomic E-state index is 5.19. The van der Waals surface area contributed by atoms with Crippen LogP contribution in [0.1, 0.15) is 33.1 Å². The maximum Gasteiger partial charge on any atom is -0.00405 e. The third-order valence-electron chi connectivity index (χ3n) is 2.21. The van der Waals surface area contributed by atoms with E-state index in [-0.39, 0.29) is 0 Å². The van der Waals surface area contributed by atoms with Crippen molar-refractivity contribution in [2.75, 3.05) is 0 Å². The molecule has 9 heavy (non-hydrogen) atoms.